The van der Waals surface area contributed by atoms with Crippen molar-refractivity contribution in [3.05, 3.63) is 30.1 Å². The van der Waals surface area contributed by atoms with E-state index in [2.05, 4.69) is 4.98 Å². The molecule has 118 valence electrons. The Labute approximate surface area is 130 Å². The van der Waals surface area contributed by atoms with Gasteiger partial charge < -0.3 is 19.7 Å². The summed E-state index contributed by atoms with van der Waals surface area (Å²) in [5.74, 6) is 0. The summed E-state index contributed by atoms with van der Waals surface area (Å²) in [6.07, 6.45) is 3.79. The van der Waals surface area contributed by atoms with Gasteiger partial charge in [-0.3, -0.25) is 4.98 Å². The van der Waals surface area contributed by atoms with Crippen LogP contribution in [0.3, 0.4) is 0 Å². The van der Waals surface area contributed by atoms with E-state index in [1.807, 2.05) is 26.8 Å². The number of hydrogen-bond acceptors (Lipinski definition) is 5. The van der Waals surface area contributed by atoms with Crippen molar-refractivity contribution in [2.75, 3.05) is 13.1 Å². The molecule has 22 heavy (non-hydrogen) atoms. The third-order valence-corrected chi connectivity index (χ3v) is 3.27. The summed E-state index contributed by atoms with van der Waals surface area (Å²) < 4.78 is 5.34. The third kappa shape index (κ3) is 4.32. The smallest absolute Gasteiger partial charge is 0.444 e. The zero-order chi connectivity index (χ0) is 16.3. The van der Waals surface area contributed by atoms with Crippen molar-refractivity contribution < 1.29 is 19.6 Å². The van der Waals surface area contributed by atoms with E-state index in [9.17, 15) is 14.8 Å². The van der Waals surface area contributed by atoms with Gasteiger partial charge in [-0.15, -0.1) is 0 Å². The molecule has 0 aromatic carbocycles. The normalized spacial score (nSPS) is 15.3. The molecule has 0 spiro atoms. The van der Waals surface area contributed by atoms with Gasteiger partial charge in [0.1, 0.15) is 5.60 Å². The van der Waals surface area contributed by atoms with Crippen molar-refractivity contribution in [1.29, 1.82) is 0 Å². The molecule has 1 aromatic rings. The number of aromatic nitrogens is 1. The van der Waals surface area contributed by atoms with Gasteiger partial charge in [0, 0.05) is 19.3 Å². The predicted octanol–water partition coefficient (Wildman–Crippen LogP) is 0.786. The zero-order valence-electron chi connectivity index (χ0n) is 13.1. The van der Waals surface area contributed by atoms with Gasteiger partial charge in [0.25, 0.3) is 0 Å². The van der Waals surface area contributed by atoms with E-state index in [1.165, 1.54) is 0 Å². The van der Waals surface area contributed by atoms with E-state index < -0.39 is 12.7 Å². The number of amides is 1. The van der Waals surface area contributed by atoms with Crippen molar-refractivity contribution in [2.45, 2.75) is 32.8 Å². The maximum Gasteiger partial charge on any atom is 0.488 e. The van der Waals surface area contributed by atoms with Crippen LogP contribution in [0.4, 0.5) is 4.79 Å². The maximum atomic E-state index is 12.0. The van der Waals surface area contributed by atoms with Crippen molar-refractivity contribution in [2.24, 2.45) is 0 Å². The molecule has 1 aromatic heterocycles. The van der Waals surface area contributed by atoms with Crippen LogP contribution in [0.1, 0.15) is 32.9 Å². The first-order valence-electron chi connectivity index (χ1n) is 7.26. The highest BCUT2D eigenvalue weighted by Crippen LogP contribution is 2.21. The Kier molecular flexibility index (Phi) is 4.88. The zero-order valence-corrected chi connectivity index (χ0v) is 13.1. The summed E-state index contributed by atoms with van der Waals surface area (Å²) in [7, 11) is -1.51. The average Bonchev–Trinajstić information content (AvgIpc) is 2.46. The molecule has 0 radical (unpaired) electrons. The number of ether oxygens (including phenoxy) is 1. The van der Waals surface area contributed by atoms with Crippen LogP contribution < -0.4 is 5.46 Å². The standard InChI is InChI=1S/C15H21BN2O4/c1-15(2,3)22-14(19)18-8-5-11(6-9-18)13-10-12(16(20)21)4-7-17-13/h4-5,7,10,20-21H,6,8-9H2,1-3H3. The van der Waals surface area contributed by atoms with Crippen LogP contribution >= 0.6 is 0 Å². The second-order valence-electron chi connectivity index (χ2n) is 6.25. The molecule has 1 amide bonds. The summed E-state index contributed by atoms with van der Waals surface area (Å²) >= 11 is 0. The molecule has 0 aliphatic carbocycles. The summed E-state index contributed by atoms with van der Waals surface area (Å²) in [5, 5.41) is 18.4. The molecule has 6 nitrogen and oxygen atoms in total. The second kappa shape index (κ2) is 6.50. The van der Waals surface area contributed by atoms with Gasteiger partial charge in [0.2, 0.25) is 0 Å². The Morgan fingerprint density at radius 3 is 2.68 bits per heavy atom. The molecular formula is C15H21BN2O4. The third-order valence-electron chi connectivity index (χ3n) is 3.27. The Morgan fingerprint density at radius 1 is 1.41 bits per heavy atom. The van der Waals surface area contributed by atoms with E-state index in [0.717, 1.165) is 5.57 Å². The van der Waals surface area contributed by atoms with Gasteiger partial charge in [-0.25, -0.2) is 4.79 Å². The van der Waals surface area contributed by atoms with E-state index in [-0.39, 0.29) is 6.09 Å². The van der Waals surface area contributed by atoms with Crippen molar-refractivity contribution in [3.8, 4) is 0 Å². The molecular weight excluding hydrogens is 283 g/mol. The Morgan fingerprint density at radius 2 is 2.14 bits per heavy atom. The summed E-state index contributed by atoms with van der Waals surface area (Å²) in [6.45, 7) is 6.52. The minimum Gasteiger partial charge on any atom is -0.444 e. The van der Waals surface area contributed by atoms with Crippen LogP contribution in [-0.4, -0.2) is 51.8 Å². The van der Waals surface area contributed by atoms with Crippen molar-refractivity contribution in [1.82, 2.24) is 9.88 Å². The highest BCUT2D eigenvalue weighted by atomic mass is 16.6. The number of hydrogen-bond donors (Lipinski definition) is 2. The van der Waals surface area contributed by atoms with Crippen LogP contribution in [0.2, 0.25) is 0 Å². The molecule has 0 saturated carbocycles. The molecule has 2 N–H and O–H groups in total. The topological polar surface area (TPSA) is 82.9 Å². The lowest BCUT2D eigenvalue weighted by molar-refractivity contribution is 0.0270. The molecule has 7 heteroatoms. The molecule has 2 rings (SSSR count). The Bertz CT molecular complexity index is 581. The number of nitrogens with zero attached hydrogens (tertiary/aromatic N) is 2. The second-order valence-corrected chi connectivity index (χ2v) is 6.25. The first kappa shape index (κ1) is 16.5. The number of pyridine rings is 1. The highest BCUT2D eigenvalue weighted by molar-refractivity contribution is 6.58. The Balaban J connectivity index is 2.05. The lowest BCUT2D eigenvalue weighted by Crippen LogP contribution is -2.39. The number of carbonyl (C=O) groups is 1. The number of carbonyl (C=O) groups excluding carboxylic acids is 1. The van der Waals surface area contributed by atoms with Crippen molar-refractivity contribution in [3.63, 3.8) is 0 Å². The molecule has 0 bridgehead atoms. The monoisotopic (exact) mass is 304 g/mol. The van der Waals surface area contributed by atoms with Gasteiger partial charge in [0.05, 0.1) is 5.69 Å². The molecule has 0 unspecified atom stereocenters. The number of rotatable bonds is 2. The van der Waals surface area contributed by atoms with E-state index in [0.29, 0.717) is 30.7 Å². The van der Waals surface area contributed by atoms with Gasteiger partial charge in [-0.2, -0.15) is 0 Å². The minimum atomic E-state index is -1.51. The fourth-order valence-corrected chi connectivity index (χ4v) is 2.18. The SMILES string of the molecule is CC(C)(C)OC(=O)N1CC=C(c2cc(B(O)O)ccn2)CC1. The molecule has 1 aliphatic rings. The molecule has 0 saturated heterocycles. The minimum absolute atomic E-state index is 0.324. The first-order valence-corrected chi connectivity index (χ1v) is 7.26. The molecule has 1 aliphatic heterocycles. The molecule has 0 fully saturated rings. The van der Waals surface area contributed by atoms with Crippen LogP contribution in [-0.2, 0) is 4.74 Å². The van der Waals surface area contributed by atoms with Gasteiger partial charge in [-0.05, 0) is 50.4 Å². The van der Waals surface area contributed by atoms with Gasteiger partial charge in [0.15, 0.2) is 0 Å². The maximum absolute atomic E-state index is 12.0. The van der Waals surface area contributed by atoms with Gasteiger partial charge in [-0.1, -0.05) is 6.08 Å². The quantitative estimate of drug-likeness (QED) is 0.789. The van der Waals surface area contributed by atoms with Crippen LogP contribution in [0.25, 0.3) is 5.57 Å². The lowest BCUT2D eigenvalue weighted by Gasteiger charge is -2.29. The van der Waals surface area contributed by atoms with Gasteiger partial charge >= 0.3 is 13.2 Å². The van der Waals surface area contributed by atoms with Crippen LogP contribution in [0.15, 0.2) is 24.4 Å². The van der Waals surface area contributed by atoms with Crippen LogP contribution in [0.5, 0.6) is 0 Å². The molecule has 2 heterocycles. The predicted molar refractivity (Wildman–Crippen MR) is 84.5 cm³/mol. The van der Waals surface area contributed by atoms with E-state index in [1.54, 1.807) is 23.2 Å². The van der Waals surface area contributed by atoms with E-state index in [4.69, 9.17) is 4.74 Å². The Hall–Kier alpha value is -1.86. The van der Waals surface area contributed by atoms with Crippen molar-refractivity contribution >= 4 is 24.2 Å². The fourth-order valence-electron chi connectivity index (χ4n) is 2.18. The highest BCUT2D eigenvalue weighted by Gasteiger charge is 2.24. The van der Waals surface area contributed by atoms with E-state index >= 15 is 0 Å². The summed E-state index contributed by atoms with van der Waals surface area (Å²) in [4.78, 5) is 17.9. The average molecular weight is 304 g/mol. The largest absolute Gasteiger partial charge is 0.488 e. The summed E-state index contributed by atoms with van der Waals surface area (Å²) in [5.41, 5.74) is 1.59. The molecule has 0 atom stereocenters. The fraction of sp³-hybridized carbons (Fsp3) is 0.467. The first-order chi connectivity index (χ1) is 10.3. The van der Waals surface area contributed by atoms with Crippen LogP contribution in [0, 0.1) is 0 Å². The lowest BCUT2D eigenvalue weighted by atomic mass is 9.80. The summed E-state index contributed by atoms with van der Waals surface area (Å²) in [6, 6.07) is 3.21.